The number of cyclic esters (lactones) is 2. The number of carbonyl (C=O) groups excluding carboxylic acids is 2. The third kappa shape index (κ3) is 2.75. The number of hydrogen-bond donors (Lipinski definition) is 6. The molecule has 1 aliphatic rings. The lowest BCUT2D eigenvalue weighted by Crippen LogP contribution is -2.49. The Hall–Kier alpha value is -1.30. The molecule has 7 N–H and O–H groups in total. The molecule has 4 unspecified atom stereocenters. The Morgan fingerprint density at radius 3 is 1.61 bits per heavy atom. The average molecular weight is 267 g/mol. The summed E-state index contributed by atoms with van der Waals surface area (Å²) in [5.41, 5.74) is 5.00. The van der Waals surface area contributed by atoms with E-state index in [1.54, 1.807) is 0 Å². The van der Waals surface area contributed by atoms with Gasteiger partial charge in [-0.15, -0.1) is 0 Å². The summed E-state index contributed by atoms with van der Waals surface area (Å²) in [4.78, 5) is 22.5. The highest BCUT2D eigenvalue weighted by atomic mass is 16.8. The summed E-state index contributed by atoms with van der Waals surface area (Å²) in [6, 6.07) is 0. The minimum atomic E-state index is -2.90. The maximum absolute atomic E-state index is 11.2. The molecule has 18 heavy (non-hydrogen) atoms. The van der Waals surface area contributed by atoms with Gasteiger partial charge >= 0.3 is 17.9 Å². The van der Waals surface area contributed by atoms with Crippen LogP contribution in [0.2, 0.25) is 0 Å². The van der Waals surface area contributed by atoms with Gasteiger partial charge in [0.15, 0.2) is 12.2 Å². The van der Waals surface area contributed by atoms with Crippen molar-refractivity contribution in [3.8, 4) is 0 Å². The van der Waals surface area contributed by atoms with E-state index >= 15 is 0 Å². The number of nitrogens with two attached hydrogens (primary N) is 1. The van der Waals surface area contributed by atoms with E-state index in [0.717, 1.165) is 0 Å². The normalized spacial score (nSPS) is 42.3. The third-order valence-electron chi connectivity index (χ3n) is 2.26. The van der Waals surface area contributed by atoms with Crippen molar-refractivity contribution in [2.75, 3.05) is 6.54 Å². The molecule has 0 aromatic carbocycles. The predicted octanol–water partition coefficient (Wildman–Crippen LogP) is -4.87. The number of rotatable bonds is 1. The SMILES string of the molecule is NCC1(O)OC(=O)C(O)C(O)C(O)C(O)C(=O)O1. The first kappa shape index (κ1) is 14.8. The summed E-state index contributed by atoms with van der Waals surface area (Å²) in [7, 11) is 0. The first-order valence-corrected chi connectivity index (χ1v) is 4.82. The van der Waals surface area contributed by atoms with Crippen LogP contribution in [-0.2, 0) is 19.1 Å². The number of aliphatic hydroxyl groups is 5. The molecule has 0 amide bonds. The molecular formula is C8H13NO9. The molecule has 1 fully saturated rings. The molecule has 1 rings (SSSR count). The number of hydrogen-bond acceptors (Lipinski definition) is 10. The Balaban J connectivity index is 3.09. The van der Waals surface area contributed by atoms with Gasteiger partial charge in [0, 0.05) is 0 Å². The maximum Gasteiger partial charge on any atom is 0.386 e. The maximum atomic E-state index is 11.2. The van der Waals surface area contributed by atoms with E-state index in [0.29, 0.717) is 0 Å². The fourth-order valence-electron chi connectivity index (χ4n) is 1.19. The van der Waals surface area contributed by atoms with Crippen LogP contribution in [0.3, 0.4) is 0 Å². The van der Waals surface area contributed by atoms with E-state index in [1.807, 2.05) is 0 Å². The Labute approximate surface area is 100 Å². The van der Waals surface area contributed by atoms with Gasteiger partial charge in [-0.1, -0.05) is 0 Å². The number of ether oxygens (including phenoxy) is 2. The van der Waals surface area contributed by atoms with Crippen LogP contribution in [-0.4, -0.2) is 74.4 Å². The van der Waals surface area contributed by atoms with E-state index in [9.17, 15) is 35.1 Å². The lowest BCUT2D eigenvalue weighted by atomic mass is 10.0. The van der Waals surface area contributed by atoms with Crippen molar-refractivity contribution < 1.29 is 44.6 Å². The van der Waals surface area contributed by atoms with Crippen molar-refractivity contribution in [2.24, 2.45) is 5.73 Å². The highest BCUT2D eigenvalue weighted by Crippen LogP contribution is 2.18. The zero-order chi connectivity index (χ0) is 14.1. The topological polar surface area (TPSA) is 180 Å². The summed E-state index contributed by atoms with van der Waals surface area (Å²) in [6.45, 7) is -0.879. The largest absolute Gasteiger partial charge is 0.395 e. The standard InChI is InChI=1S/C8H13NO9/c9-1-8(16)17-6(14)4(12)2(10)3(11)5(13)7(15)18-8/h2-5,10-13,16H,1,9H2. The smallest absolute Gasteiger partial charge is 0.386 e. The Morgan fingerprint density at radius 2 is 1.33 bits per heavy atom. The van der Waals surface area contributed by atoms with Gasteiger partial charge in [-0.05, 0) is 0 Å². The second-order valence-electron chi connectivity index (χ2n) is 3.63. The summed E-state index contributed by atoms with van der Waals surface area (Å²) < 4.78 is 8.35. The van der Waals surface area contributed by atoms with Crippen LogP contribution in [0, 0.1) is 0 Å². The van der Waals surface area contributed by atoms with Crippen LogP contribution in [0.1, 0.15) is 0 Å². The Kier molecular flexibility index (Phi) is 4.21. The summed E-state index contributed by atoms with van der Waals surface area (Å²) >= 11 is 0. The number of esters is 2. The fourth-order valence-corrected chi connectivity index (χ4v) is 1.19. The van der Waals surface area contributed by atoms with Gasteiger partial charge in [-0.25, -0.2) is 9.59 Å². The molecule has 0 spiro atoms. The minimum Gasteiger partial charge on any atom is -0.395 e. The van der Waals surface area contributed by atoms with E-state index in [1.165, 1.54) is 0 Å². The van der Waals surface area contributed by atoms with Crippen LogP contribution in [0.4, 0.5) is 0 Å². The van der Waals surface area contributed by atoms with Gasteiger partial charge in [0.25, 0.3) is 0 Å². The summed E-state index contributed by atoms with van der Waals surface area (Å²) in [5.74, 6) is -6.08. The first-order chi connectivity index (χ1) is 8.22. The molecule has 1 saturated heterocycles. The van der Waals surface area contributed by atoms with Crippen molar-refractivity contribution in [1.82, 2.24) is 0 Å². The molecular weight excluding hydrogens is 254 g/mol. The molecule has 4 atom stereocenters. The Morgan fingerprint density at radius 1 is 1.00 bits per heavy atom. The lowest BCUT2D eigenvalue weighted by Gasteiger charge is -2.25. The van der Waals surface area contributed by atoms with Crippen LogP contribution < -0.4 is 5.73 Å². The number of aliphatic hydroxyl groups excluding tert-OH is 4. The van der Waals surface area contributed by atoms with Gasteiger partial charge < -0.3 is 40.7 Å². The molecule has 0 radical (unpaired) electrons. The van der Waals surface area contributed by atoms with Crippen LogP contribution in [0.15, 0.2) is 0 Å². The van der Waals surface area contributed by atoms with Crippen LogP contribution >= 0.6 is 0 Å². The third-order valence-corrected chi connectivity index (χ3v) is 2.26. The molecule has 104 valence electrons. The van der Waals surface area contributed by atoms with Crippen molar-refractivity contribution >= 4 is 11.9 Å². The van der Waals surface area contributed by atoms with Gasteiger partial charge in [-0.2, -0.15) is 0 Å². The zero-order valence-corrected chi connectivity index (χ0v) is 8.96. The van der Waals surface area contributed by atoms with Crippen molar-refractivity contribution in [1.29, 1.82) is 0 Å². The fraction of sp³-hybridized carbons (Fsp3) is 0.750. The van der Waals surface area contributed by atoms with Crippen molar-refractivity contribution in [3.05, 3.63) is 0 Å². The van der Waals surface area contributed by atoms with Gasteiger partial charge in [-0.3, -0.25) is 0 Å². The van der Waals surface area contributed by atoms with E-state index in [2.05, 4.69) is 9.47 Å². The molecule has 10 heteroatoms. The quantitative estimate of drug-likeness (QED) is 0.252. The van der Waals surface area contributed by atoms with Gasteiger partial charge in [0.2, 0.25) is 0 Å². The van der Waals surface area contributed by atoms with E-state index < -0.39 is 48.9 Å². The molecule has 0 aromatic rings. The van der Waals surface area contributed by atoms with Gasteiger partial charge in [0.1, 0.15) is 18.8 Å². The predicted molar refractivity (Wildman–Crippen MR) is 50.2 cm³/mol. The minimum absolute atomic E-state index is 0.879. The highest BCUT2D eigenvalue weighted by molar-refractivity contribution is 5.79. The van der Waals surface area contributed by atoms with E-state index in [4.69, 9.17) is 5.73 Å². The zero-order valence-electron chi connectivity index (χ0n) is 8.96. The molecule has 1 heterocycles. The second kappa shape index (κ2) is 5.14. The average Bonchev–Trinajstić information content (AvgIpc) is 2.35. The second-order valence-corrected chi connectivity index (χ2v) is 3.63. The van der Waals surface area contributed by atoms with Crippen molar-refractivity contribution in [2.45, 2.75) is 30.4 Å². The lowest BCUT2D eigenvalue weighted by molar-refractivity contribution is -0.322. The molecule has 0 aliphatic carbocycles. The number of carbonyl (C=O) groups is 2. The molecule has 10 nitrogen and oxygen atoms in total. The van der Waals surface area contributed by atoms with Crippen molar-refractivity contribution in [3.63, 3.8) is 0 Å². The van der Waals surface area contributed by atoms with Crippen LogP contribution in [0.25, 0.3) is 0 Å². The first-order valence-electron chi connectivity index (χ1n) is 4.82. The monoisotopic (exact) mass is 267 g/mol. The molecule has 0 aromatic heterocycles. The molecule has 1 aliphatic heterocycles. The molecule has 0 bridgehead atoms. The Bertz CT molecular complexity index is 317. The van der Waals surface area contributed by atoms with E-state index in [-0.39, 0.29) is 0 Å². The summed E-state index contributed by atoms with van der Waals surface area (Å²) in [6.07, 6.45) is -9.02. The van der Waals surface area contributed by atoms with Gasteiger partial charge in [0.05, 0.1) is 0 Å². The molecule has 0 saturated carbocycles. The highest BCUT2D eigenvalue weighted by Gasteiger charge is 2.47. The van der Waals surface area contributed by atoms with Crippen LogP contribution in [0.5, 0.6) is 0 Å². The summed E-state index contributed by atoms with van der Waals surface area (Å²) in [5, 5.41) is 46.6.